The number of allylic oxidation sites excluding steroid dienone is 1. The van der Waals surface area contributed by atoms with Gasteiger partial charge in [0.05, 0.1) is 47.8 Å². The number of methoxy groups -OCH3 is 4. The molecule has 258 valence electrons. The fraction of sp³-hybridized carbons (Fsp3) is 0.308. The van der Waals surface area contributed by atoms with E-state index in [-0.39, 0.29) is 17.6 Å². The number of hydroxylamine groups is 2. The Balaban J connectivity index is 1.33. The molecule has 1 saturated heterocycles. The number of para-hydroxylation sites is 1. The number of amides is 1. The molecule has 4 aromatic carbocycles. The molecule has 0 aliphatic carbocycles. The first kappa shape index (κ1) is 35.1. The van der Waals surface area contributed by atoms with E-state index in [0.29, 0.717) is 64.9 Å². The van der Waals surface area contributed by atoms with Gasteiger partial charge in [-0.15, -0.1) is 0 Å². The van der Waals surface area contributed by atoms with Crippen LogP contribution in [0.5, 0.6) is 40.2 Å². The number of rotatable bonds is 15. The highest BCUT2D eigenvalue weighted by Crippen LogP contribution is 2.46. The third kappa shape index (κ3) is 8.46. The van der Waals surface area contributed by atoms with Crippen molar-refractivity contribution in [3.63, 3.8) is 0 Å². The molecule has 0 saturated carbocycles. The molecule has 1 heterocycles. The summed E-state index contributed by atoms with van der Waals surface area (Å²) in [5.74, 6) is 3.52. The maximum Gasteiger partial charge on any atom is 0.281 e. The van der Waals surface area contributed by atoms with E-state index in [1.807, 2.05) is 55.5 Å². The molecule has 2 atom stereocenters. The van der Waals surface area contributed by atoms with Crippen LogP contribution in [0.4, 0.5) is 0 Å². The Morgan fingerprint density at radius 2 is 1.51 bits per heavy atom. The van der Waals surface area contributed by atoms with Crippen molar-refractivity contribution >= 4 is 5.91 Å². The van der Waals surface area contributed by atoms with Crippen molar-refractivity contribution in [2.45, 2.75) is 38.2 Å². The number of nitrogens with zero attached hydrogens (tertiary/aromatic N) is 1. The van der Waals surface area contributed by atoms with Crippen molar-refractivity contribution in [2.24, 2.45) is 0 Å². The number of hydrogen-bond donors (Lipinski definition) is 1. The first-order valence-electron chi connectivity index (χ1n) is 16.2. The molecule has 5 rings (SSSR count). The predicted molar refractivity (Wildman–Crippen MR) is 185 cm³/mol. The Labute approximate surface area is 287 Å². The van der Waals surface area contributed by atoms with E-state index in [4.69, 9.17) is 33.2 Å². The van der Waals surface area contributed by atoms with Gasteiger partial charge in [-0.2, -0.15) is 5.06 Å². The van der Waals surface area contributed by atoms with Crippen LogP contribution in [0.1, 0.15) is 58.8 Å². The molecule has 1 N–H and O–H groups in total. The molecule has 10 heteroatoms. The van der Waals surface area contributed by atoms with Crippen LogP contribution in [0.15, 0.2) is 91.1 Å². The summed E-state index contributed by atoms with van der Waals surface area (Å²) in [5, 5.41) is 11.2. The van der Waals surface area contributed by atoms with Crippen molar-refractivity contribution in [3.8, 4) is 40.2 Å². The molecule has 1 amide bonds. The van der Waals surface area contributed by atoms with E-state index in [1.54, 1.807) is 58.8 Å². The van der Waals surface area contributed by atoms with Gasteiger partial charge in [0.15, 0.2) is 23.0 Å². The van der Waals surface area contributed by atoms with E-state index in [2.05, 4.69) is 6.07 Å². The van der Waals surface area contributed by atoms with Gasteiger partial charge in [-0.05, 0) is 78.9 Å². The topological polar surface area (TPSA) is 105 Å². The quantitative estimate of drug-likeness (QED) is 0.0992. The zero-order valence-corrected chi connectivity index (χ0v) is 28.5. The second-order valence-corrected chi connectivity index (χ2v) is 11.5. The van der Waals surface area contributed by atoms with Crippen molar-refractivity contribution in [1.29, 1.82) is 0 Å². The van der Waals surface area contributed by atoms with Crippen molar-refractivity contribution < 1.29 is 43.2 Å². The summed E-state index contributed by atoms with van der Waals surface area (Å²) in [7, 11) is 6.38. The fourth-order valence-electron chi connectivity index (χ4n) is 5.77. The van der Waals surface area contributed by atoms with Gasteiger partial charge in [0, 0.05) is 23.2 Å². The van der Waals surface area contributed by atoms with E-state index >= 15 is 0 Å². The van der Waals surface area contributed by atoms with Crippen LogP contribution in [0.2, 0.25) is 0 Å². The fourth-order valence-corrected chi connectivity index (χ4v) is 5.77. The Morgan fingerprint density at radius 1 is 0.837 bits per heavy atom. The summed E-state index contributed by atoms with van der Waals surface area (Å²) in [4.78, 5) is 13.1. The summed E-state index contributed by atoms with van der Waals surface area (Å²) in [6.07, 6.45) is 4.78. The van der Waals surface area contributed by atoms with Crippen LogP contribution in [0.25, 0.3) is 0 Å². The average Bonchev–Trinajstić information content (AvgIpc) is 3.64. The number of ether oxygens (including phenoxy) is 7. The van der Waals surface area contributed by atoms with Crippen LogP contribution < -0.4 is 28.4 Å². The molecule has 49 heavy (non-hydrogen) atoms. The zero-order chi connectivity index (χ0) is 34.8. The standard InChI is InChI=1S/C39H43NO9/c1-6-18-47-37-26(13-11-17-40(42)39(41)27-12-10-16-32(20-27)49-31-14-8-7-9-15-31)19-28(21-34(37)43-2)30-24-33(48-25-30)29-22-35(44-3)38(46-5)36(23-29)45-4/h7-12,14-17,19-23,30,33,42H,6,13,18,24-25H2,1-5H3. The minimum Gasteiger partial charge on any atom is -0.493 e. The van der Waals surface area contributed by atoms with E-state index in [1.165, 1.54) is 6.20 Å². The van der Waals surface area contributed by atoms with Gasteiger partial charge in [-0.25, -0.2) is 0 Å². The lowest BCUT2D eigenvalue weighted by atomic mass is 9.91. The molecule has 1 aliphatic rings. The second-order valence-electron chi connectivity index (χ2n) is 11.5. The number of hydrogen-bond acceptors (Lipinski definition) is 9. The van der Waals surface area contributed by atoms with Crippen LogP contribution in [-0.2, 0) is 11.2 Å². The van der Waals surface area contributed by atoms with Gasteiger partial charge in [0.2, 0.25) is 5.75 Å². The molecule has 1 aliphatic heterocycles. The molecule has 2 unspecified atom stereocenters. The van der Waals surface area contributed by atoms with Gasteiger partial charge in [0.1, 0.15) is 11.5 Å². The molecule has 1 fully saturated rings. The highest BCUT2D eigenvalue weighted by atomic mass is 16.5. The molecule has 0 radical (unpaired) electrons. The third-order valence-corrected chi connectivity index (χ3v) is 8.20. The maximum absolute atomic E-state index is 13.1. The smallest absolute Gasteiger partial charge is 0.281 e. The molecule has 0 bridgehead atoms. The summed E-state index contributed by atoms with van der Waals surface area (Å²) >= 11 is 0. The van der Waals surface area contributed by atoms with Crippen molar-refractivity contribution in [2.75, 3.05) is 41.7 Å². The number of carbonyl (C=O) groups is 1. The van der Waals surface area contributed by atoms with E-state index < -0.39 is 5.91 Å². The van der Waals surface area contributed by atoms with Gasteiger partial charge < -0.3 is 33.2 Å². The Hall–Kier alpha value is -5.19. The van der Waals surface area contributed by atoms with Gasteiger partial charge in [-0.3, -0.25) is 10.0 Å². The van der Waals surface area contributed by atoms with Gasteiger partial charge in [-0.1, -0.05) is 43.3 Å². The van der Waals surface area contributed by atoms with Crippen LogP contribution in [-0.4, -0.2) is 57.8 Å². The monoisotopic (exact) mass is 669 g/mol. The first-order valence-corrected chi connectivity index (χ1v) is 16.2. The molecule has 0 aromatic heterocycles. The maximum atomic E-state index is 13.1. The van der Waals surface area contributed by atoms with Crippen LogP contribution in [0.3, 0.4) is 0 Å². The predicted octanol–water partition coefficient (Wildman–Crippen LogP) is 8.14. The second kappa shape index (κ2) is 16.8. The number of carbonyl (C=O) groups excluding carboxylic acids is 1. The lowest BCUT2D eigenvalue weighted by Gasteiger charge is -2.19. The zero-order valence-electron chi connectivity index (χ0n) is 28.5. The Kier molecular flexibility index (Phi) is 12.0. The summed E-state index contributed by atoms with van der Waals surface area (Å²) in [5.41, 5.74) is 3.10. The highest BCUT2D eigenvalue weighted by Gasteiger charge is 2.31. The lowest BCUT2D eigenvalue weighted by molar-refractivity contribution is -0.0204. The molecule has 10 nitrogen and oxygen atoms in total. The molecular formula is C39H43NO9. The highest BCUT2D eigenvalue weighted by molar-refractivity contribution is 5.94. The summed E-state index contributed by atoms with van der Waals surface area (Å²) < 4.78 is 40.7. The Bertz CT molecular complexity index is 1720. The van der Waals surface area contributed by atoms with Crippen LogP contribution >= 0.6 is 0 Å². The van der Waals surface area contributed by atoms with Gasteiger partial charge in [0.25, 0.3) is 5.91 Å². The third-order valence-electron chi connectivity index (χ3n) is 8.20. The minimum absolute atomic E-state index is 0.0715. The van der Waals surface area contributed by atoms with E-state index in [0.717, 1.165) is 29.5 Å². The number of benzene rings is 4. The lowest BCUT2D eigenvalue weighted by Crippen LogP contribution is -2.21. The van der Waals surface area contributed by atoms with Crippen LogP contribution in [0, 0.1) is 0 Å². The first-order chi connectivity index (χ1) is 23.9. The summed E-state index contributed by atoms with van der Waals surface area (Å²) in [6.45, 7) is 3.05. The summed E-state index contributed by atoms with van der Waals surface area (Å²) in [6, 6.07) is 23.9. The SMILES string of the molecule is CCCOc1c(CC=CN(O)C(=O)c2cccc(Oc3ccccc3)c2)cc(C2COC(c3cc(OC)c(OC)c(OC)c3)C2)cc1OC. The molecular weight excluding hydrogens is 626 g/mol. The van der Waals surface area contributed by atoms with Gasteiger partial charge >= 0.3 is 0 Å². The normalized spacial score (nSPS) is 15.6. The van der Waals surface area contributed by atoms with E-state index in [9.17, 15) is 10.0 Å². The molecule has 0 spiro atoms. The largest absolute Gasteiger partial charge is 0.493 e. The Morgan fingerprint density at radius 3 is 2.18 bits per heavy atom. The van der Waals surface area contributed by atoms with Crippen molar-refractivity contribution in [3.05, 3.63) is 113 Å². The minimum atomic E-state index is -0.593. The van der Waals surface area contributed by atoms with Crippen molar-refractivity contribution in [1.82, 2.24) is 5.06 Å². The molecule has 4 aromatic rings. The average molecular weight is 670 g/mol.